The number of urea groups is 1. The summed E-state index contributed by atoms with van der Waals surface area (Å²) >= 11 is 0. The first kappa shape index (κ1) is 18.4. The molecule has 1 aliphatic heterocycles. The average molecular weight is 343 g/mol. The Morgan fingerprint density at radius 1 is 1.17 bits per heavy atom. The smallest absolute Gasteiger partial charge is 0.367 e. The minimum Gasteiger partial charge on any atom is -0.367 e. The van der Waals surface area contributed by atoms with E-state index in [0.717, 1.165) is 12.5 Å². The number of amides is 2. The molecule has 2 amide bonds. The van der Waals surface area contributed by atoms with E-state index in [2.05, 4.69) is 19.2 Å². The average Bonchev–Trinajstić information content (AvgIpc) is 2.54. The van der Waals surface area contributed by atoms with Crippen LogP contribution >= 0.6 is 0 Å². The minimum absolute atomic E-state index is 0.139. The number of anilines is 1. The Labute approximate surface area is 140 Å². The number of benzene rings is 1. The van der Waals surface area contributed by atoms with Gasteiger partial charge in [-0.05, 0) is 24.5 Å². The van der Waals surface area contributed by atoms with E-state index in [4.69, 9.17) is 0 Å². The summed E-state index contributed by atoms with van der Waals surface area (Å²) in [5, 5.41) is 2.86. The number of alkyl halides is 3. The molecule has 1 saturated heterocycles. The van der Waals surface area contributed by atoms with Crippen LogP contribution in [0.15, 0.2) is 24.3 Å². The van der Waals surface area contributed by atoms with Gasteiger partial charge in [0.2, 0.25) is 0 Å². The van der Waals surface area contributed by atoms with Crippen molar-refractivity contribution in [2.45, 2.75) is 26.4 Å². The van der Waals surface area contributed by atoms with Crippen molar-refractivity contribution in [3.63, 3.8) is 0 Å². The normalized spacial score (nSPS) is 15.8. The highest BCUT2D eigenvalue weighted by Crippen LogP contribution is 2.36. The Bertz CT molecular complexity index is 552. The number of nitrogens with one attached hydrogen (secondary N) is 1. The number of nitrogens with zero attached hydrogens (tertiary/aromatic N) is 2. The monoisotopic (exact) mass is 343 g/mol. The van der Waals surface area contributed by atoms with E-state index in [1.54, 1.807) is 15.9 Å². The first-order valence-electron chi connectivity index (χ1n) is 8.23. The fourth-order valence-corrected chi connectivity index (χ4v) is 2.72. The third-order valence-electron chi connectivity index (χ3n) is 4.11. The van der Waals surface area contributed by atoms with Crippen LogP contribution in [-0.2, 0) is 6.18 Å². The molecule has 1 fully saturated rings. The first-order chi connectivity index (χ1) is 11.3. The van der Waals surface area contributed by atoms with E-state index in [9.17, 15) is 18.0 Å². The Kier molecular flexibility index (Phi) is 5.96. The highest BCUT2D eigenvalue weighted by molar-refractivity contribution is 5.74. The Morgan fingerprint density at radius 3 is 2.38 bits per heavy atom. The second kappa shape index (κ2) is 7.77. The van der Waals surface area contributed by atoms with Crippen molar-refractivity contribution in [2.24, 2.45) is 5.92 Å². The molecule has 4 nitrogen and oxygen atoms in total. The van der Waals surface area contributed by atoms with Crippen molar-refractivity contribution >= 4 is 11.7 Å². The lowest BCUT2D eigenvalue weighted by molar-refractivity contribution is -0.137. The topological polar surface area (TPSA) is 35.6 Å². The molecule has 0 spiro atoms. The molecule has 24 heavy (non-hydrogen) atoms. The van der Waals surface area contributed by atoms with Crippen LogP contribution in [0, 0.1) is 5.92 Å². The fraction of sp³-hybridized carbons (Fsp3) is 0.588. The van der Waals surface area contributed by atoms with Crippen molar-refractivity contribution in [1.82, 2.24) is 10.2 Å². The van der Waals surface area contributed by atoms with Gasteiger partial charge >= 0.3 is 12.2 Å². The van der Waals surface area contributed by atoms with Gasteiger partial charge in [0, 0.05) is 38.4 Å². The maximum atomic E-state index is 13.1. The van der Waals surface area contributed by atoms with Gasteiger partial charge in [0.05, 0.1) is 5.56 Å². The number of carbonyl (C=O) groups is 1. The predicted octanol–water partition coefficient (Wildman–Crippen LogP) is 3.58. The van der Waals surface area contributed by atoms with Crippen LogP contribution < -0.4 is 10.2 Å². The Hall–Kier alpha value is -1.92. The lowest BCUT2D eigenvalue weighted by atomic mass is 10.1. The van der Waals surface area contributed by atoms with Gasteiger partial charge in [-0.25, -0.2) is 4.79 Å². The number of piperazine rings is 1. The number of halogens is 3. The molecular weight excluding hydrogens is 319 g/mol. The minimum atomic E-state index is -4.37. The zero-order valence-corrected chi connectivity index (χ0v) is 14.1. The number of carbonyl (C=O) groups excluding carboxylic acids is 1. The zero-order valence-electron chi connectivity index (χ0n) is 14.1. The summed E-state index contributed by atoms with van der Waals surface area (Å²) < 4.78 is 39.3. The summed E-state index contributed by atoms with van der Waals surface area (Å²) in [6.07, 6.45) is -3.47. The number of rotatable bonds is 4. The van der Waals surface area contributed by atoms with E-state index in [1.165, 1.54) is 12.1 Å². The SMILES string of the molecule is CC(C)CCNC(=O)N1CCN(c2ccccc2C(F)(F)F)CC1. The van der Waals surface area contributed by atoms with Gasteiger partial charge in [-0.2, -0.15) is 13.2 Å². The predicted molar refractivity (Wildman–Crippen MR) is 88.1 cm³/mol. The molecule has 0 bridgehead atoms. The van der Waals surface area contributed by atoms with Crippen LogP contribution in [0.5, 0.6) is 0 Å². The van der Waals surface area contributed by atoms with Crippen molar-refractivity contribution in [3.8, 4) is 0 Å². The van der Waals surface area contributed by atoms with Crippen molar-refractivity contribution < 1.29 is 18.0 Å². The molecule has 0 aromatic heterocycles. The Morgan fingerprint density at radius 2 is 1.79 bits per heavy atom. The van der Waals surface area contributed by atoms with Crippen LogP contribution in [0.4, 0.5) is 23.7 Å². The van der Waals surface area contributed by atoms with Crippen LogP contribution in [0.25, 0.3) is 0 Å². The molecule has 0 unspecified atom stereocenters. The van der Waals surface area contributed by atoms with E-state index in [1.807, 2.05) is 0 Å². The van der Waals surface area contributed by atoms with Gasteiger partial charge in [0.15, 0.2) is 0 Å². The lowest BCUT2D eigenvalue weighted by Gasteiger charge is -2.37. The van der Waals surface area contributed by atoms with Gasteiger partial charge in [-0.3, -0.25) is 0 Å². The largest absolute Gasteiger partial charge is 0.418 e. The molecule has 2 rings (SSSR count). The quantitative estimate of drug-likeness (QED) is 0.907. The molecule has 134 valence electrons. The molecule has 0 saturated carbocycles. The summed E-state index contributed by atoms with van der Waals surface area (Å²) in [7, 11) is 0. The van der Waals surface area contributed by atoms with Gasteiger partial charge in [0.1, 0.15) is 0 Å². The number of hydrogen-bond donors (Lipinski definition) is 1. The van der Waals surface area contributed by atoms with Crippen LogP contribution in [-0.4, -0.2) is 43.7 Å². The summed E-state index contributed by atoms with van der Waals surface area (Å²) in [4.78, 5) is 15.4. The zero-order chi connectivity index (χ0) is 17.7. The van der Waals surface area contributed by atoms with E-state index in [-0.39, 0.29) is 11.7 Å². The van der Waals surface area contributed by atoms with Crippen LogP contribution in [0.1, 0.15) is 25.8 Å². The molecule has 1 aromatic carbocycles. The van der Waals surface area contributed by atoms with Gasteiger partial charge in [0.25, 0.3) is 0 Å². The standard InChI is InChI=1S/C17H24F3N3O/c1-13(2)7-8-21-16(24)23-11-9-22(10-12-23)15-6-4-3-5-14(15)17(18,19)20/h3-6,13H,7-12H2,1-2H3,(H,21,24). The molecule has 0 aliphatic carbocycles. The molecule has 7 heteroatoms. The van der Waals surface area contributed by atoms with Crippen molar-refractivity contribution in [3.05, 3.63) is 29.8 Å². The third kappa shape index (κ3) is 4.79. The molecule has 1 N–H and O–H groups in total. The second-order valence-corrected chi connectivity index (χ2v) is 6.40. The van der Waals surface area contributed by atoms with Gasteiger partial charge < -0.3 is 15.1 Å². The summed E-state index contributed by atoms with van der Waals surface area (Å²) in [5.41, 5.74) is -0.440. The fourth-order valence-electron chi connectivity index (χ4n) is 2.72. The van der Waals surface area contributed by atoms with Crippen molar-refractivity contribution in [2.75, 3.05) is 37.6 Å². The van der Waals surface area contributed by atoms with Crippen LogP contribution in [0.3, 0.4) is 0 Å². The summed E-state index contributed by atoms with van der Waals surface area (Å²) in [6, 6.07) is 5.45. The molecular formula is C17H24F3N3O. The third-order valence-corrected chi connectivity index (χ3v) is 4.11. The first-order valence-corrected chi connectivity index (χ1v) is 8.23. The second-order valence-electron chi connectivity index (χ2n) is 6.40. The number of para-hydroxylation sites is 1. The van der Waals surface area contributed by atoms with Gasteiger partial charge in [-0.15, -0.1) is 0 Å². The van der Waals surface area contributed by atoms with E-state index >= 15 is 0 Å². The van der Waals surface area contributed by atoms with E-state index < -0.39 is 11.7 Å². The lowest BCUT2D eigenvalue weighted by Crippen LogP contribution is -2.52. The molecule has 1 aromatic rings. The summed E-state index contributed by atoms with van der Waals surface area (Å²) in [5.74, 6) is 0.515. The van der Waals surface area contributed by atoms with Crippen molar-refractivity contribution in [1.29, 1.82) is 0 Å². The van der Waals surface area contributed by atoms with Gasteiger partial charge in [-0.1, -0.05) is 26.0 Å². The molecule has 1 heterocycles. The van der Waals surface area contributed by atoms with E-state index in [0.29, 0.717) is 38.6 Å². The molecule has 0 radical (unpaired) electrons. The highest BCUT2D eigenvalue weighted by Gasteiger charge is 2.35. The number of hydrogen-bond acceptors (Lipinski definition) is 2. The van der Waals surface area contributed by atoms with Crippen LogP contribution in [0.2, 0.25) is 0 Å². The molecule has 0 atom stereocenters. The highest BCUT2D eigenvalue weighted by atomic mass is 19.4. The maximum absolute atomic E-state index is 13.1. The molecule has 1 aliphatic rings. The summed E-state index contributed by atoms with van der Waals surface area (Å²) in [6.45, 7) is 6.41. The maximum Gasteiger partial charge on any atom is 0.418 e. The Balaban J connectivity index is 1.93.